The molecule has 1 saturated carbocycles. The van der Waals surface area contributed by atoms with Crippen molar-refractivity contribution in [3.05, 3.63) is 48.0 Å². The number of carbonyl (C=O) groups excluding carboxylic acids is 1. The number of rotatable bonds is 5. The molecule has 104 valence electrons. The predicted molar refractivity (Wildman–Crippen MR) is 77.4 cm³/mol. The highest BCUT2D eigenvalue weighted by atomic mass is 16.1. The van der Waals surface area contributed by atoms with Crippen LogP contribution in [-0.4, -0.2) is 22.0 Å². The van der Waals surface area contributed by atoms with Crippen molar-refractivity contribution >= 4 is 11.6 Å². The van der Waals surface area contributed by atoms with Crippen molar-refractivity contribution in [1.82, 2.24) is 14.9 Å². The highest BCUT2D eigenvalue weighted by molar-refractivity contribution is 5.93. The van der Waals surface area contributed by atoms with Gasteiger partial charge < -0.3 is 15.6 Å². The van der Waals surface area contributed by atoms with E-state index in [0.717, 1.165) is 24.8 Å². The number of carbonyl (C=O) groups is 1. The van der Waals surface area contributed by atoms with Crippen molar-refractivity contribution in [3.63, 3.8) is 0 Å². The van der Waals surface area contributed by atoms with Gasteiger partial charge in [0.25, 0.3) is 5.91 Å². The van der Waals surface area contributed by atoms with E-state index in [-0.39, 0.29) is 5.91 Å². The second-order valence-corrected chi connectivity index (χ2v) is 5.16. The molecule has 1 aliphatic carbocycles. The second kappa shape index (κ2) is 5.36. The number of nitrogens with zero attached hydrogens (tertiary/aromatic N) is 2. The number of aromatic nitrogens is 2. The van der Waals surface area contributed by atoms with Crippen LogP contribution in [-0.2, 0) is 6.42 Å². The van der Waals surface area contributed by atoms with E-state index in [0.29, 0.717) is 24.0 Å². The lowest BCUT2D eigenvalue weighted by molar-refractivity contribution is 0.0944. The van der Waals surface area contributed by atoms with Gasteiger partial charge in [0, 0.05) is 31.2 Å². The Hall–Kier alpha value is -2.30. The molecule has 2 aromatic heterocycles. The van der Waals surface area contributed by atoms with Gasteiger partial charge in [0.1, 0.15) is 5.69 Å². The third-order valence-electron chi connectivity index (χ3n) is 3.49. The van der Waals surface area contributed by atoms with E-state index in [9.17, 15) is 4.79 Å². The van der Waals surface area contributed by atoms with E-state index < -0.39 is 0 Å². The number of nitrogens with one attached hydrogen (secondary N) is 1. The van der Waals surface area contributed by atoms with Crippen LogP contribution in [0.5, 0.6) is 0 Å². The van der Waals surface area contributed by atoms with E-state index in [2.05, 4.69) is 10.3 Å². The normalized spacial score (nSPS) is 14.2. The number of anilines is 1. The highest BCUT2D eigenvalue weighted by Gasteiger charge is 2.27. The molecule has 0 saturated heterocycles. The van der Waals surface area contributed by atoms with Crippen LogP contribution in [0.15, 0.2) is 36.8 Å². The number of nitrogen functional groups attached to an aromatic ring is 1. The summed E-state index contributed by atoms with van der Waals surface area (Å²) < 4.78 is 2.00. The van der Waals surface area contributed by atoms with Gasteiger partial charge in [-0.15, -0.1) is 0 Å². The van der Waals surface area contributed by atoms with Crippen molar-refractivity contribution in [2.45, 2.75) is 25.3 Å². The van der Waals surface area contributed by atoms with Gasteiger partial charge in [0.15, 0.2) is 0 Å². The number of nitrogens with two attached hydrogens (primary N) is 1. The summed E-state index contributed by atoms with van der Waals surface area (Å²) in [5, 5.41) is 2.95. The maximum absolute atomic E-state index is 12.2. The van der Waals surface area contributed by atoms with Crippen LogP contribution in [0.4, 0.5) is 5.69 Å². The predicted octanol–water partition coefficient (Wildman–Crippen LogP) is 1.77. The molecule has 2 heterocycles. The Kier molecular flexibility index (Phi) is 3.41. The fourth-order valence-electron chi connectivity index (χ4n) is 2.30. The molecule has 1 fully saturated rings. The molecular formula is C15H18N4O. The van der Waals surface area contributed by atoms with E-state index in [4.69, 9.17) is 5.73 Å². The first kappa shape index (κ1) is 12.7. The standard InChI is InChI=1S/C15H18N4O/c16-12-9-14(19(10-12)13-1-2-13)15(20)18-8-5-11-3-6-17-7-4-11/h3-4,6-7,9-10,13H,1-2,5,8,16H2,(H,18,20). The SMILES string of the molecule is Nc1cc(C(=O)NCCc2ccncc2)n(C2CC2)c1. The third-order valence-corrected chi connectivity index (χ3v) is 3.49. The zero-order valence-electron chi connectivity index (χ0n) is 11.2. The number of amides is 1. The molecule has 0 atom stereocenters. The van der Waals surface area contributed by atoms with E-state index in [1.165, 1.54) is 0 Å². The van der Waals surface area contributed by atoms with Crippen LogP contribution in [0.3, 0.4) is 0 Å². The molecule has 0 unspecified atom stereocenters. The lowest BCUT2D eigenvalue weighted by Gasteiger charge is -2.08. The molecule has 1 aliphatic rings. The first-order valence-corrected chi connectivity index (χ1v) is 6.88. The molecule has 5 heteroatoms. The first-order chi connectivity index (χ1) is 9.74. The summed E-state index contributed by atoms with van der Waals surface area (Å²) >= 11 is 0. The summed E-state index contributed by atoms with van der Waals surface area (Å²) in [5.74, 6) is -0.0531. The Morgan fingerprint density at radius 3 is 2.85 bits per heavy atom. The van der Waals surface area contributed by atoms with Gasteiger partial charge in [-0.3, -0.25) is 9.78 Å². The zero-order chi connectivity index (χ0) is 13.9. The minimum atomic E-state index is -0.0531. The topological polar surface area (TPSA) is 72.9 Å². The Balaban J connectivity index is 1.59. The van der Waals surface area contributed by atoms with Gasteiger partial charge in [-0.1, -0.05) is 0 Å². The fraction of sp³-hybridized carbons (Fsp3) is 0.333. The van der Waals surface area contributed by atoms with Crippen molar-refractivity contribution in [2.75, 3.05) is 12.3 Å². The van der Waals surface area contributed by atoms with E-state index in [1.807, 2.05) is 22.9 Å². The summed E-state index contributed by atoms with van der Waals surface area (Å²) in [6.45, 7) is 0.610. The average Bonchev–Trinajstić information content (AvgIpc) is 3.22. The van der Waals surface area contributed by atoms with Gasteiger partial charge in [0.2, 0.25) is 0 Å². The number of hydrogen-bond donors (Lipinski definition) is 2. The molecule has 3 N–H and O–H groups in total. The van der Waals surface area contributed by atoms with Gasteiger partial charge in [0.05, 0.1) is 5.69 Å². The van der Waals surface area contributed by atoms with Crippen LogP contribution in [0, 0.1) is 0 Å². The lowest BCUT2D eigenvalue weighted by atomic mass is 10.2. The van der Waals surface area contributed by atoms with Crippen molar-refractivity contribution in [3.8, 4) is 0 Å². The molecule has 2 aromatic rings. The minimum Gasteiger partial charge on any atom is -0.397 e. The molecule has 20 heavy (non-hydrogen) atoms. The van der Waals surface area contributed by atoms with Crippen LogP contribution in [0.1, 0.15) is 34.9 Å². The largest absolute Gasteiger partial charge is 0.397 e. The first-order valence-electron chi connectivity index (χ1n) is 6.88. The van der Waals surface area contributed by atoms with Crippen molar-refractivity contribution < 1.29 is 4.79 Å². The van der Waals surface area contributed by atoms with Crippen LogP contribution < -0.4 is 11.1 Å². The Labute approximate surface area is 117 Å². The van der Waals surface area contributed by atoms with Gasteiger partial charge in [-0.2, -0.15) is 0 Å². The van der Waals surface area contributed by atoms with Gasteiger partial charge in [-0.25, -0.2) is 0 Å². The zero-order valence-corrected chi connectivity index (χ0v) is 11.2. The molecule has 0 aliphatic heterocycles. The smallest absolute Gasteiger partial charge is 0.268 e. The van der Waals surface area contributed by atoms with Crippen LogP contribution in [0.2, 0.25) is 0 Å². The average molecular weight is 270 g/mol. The summed E-state index contributed by atoms with van der Waals surface area (Å²) in [6.07, 6.45) is 8.44. The molecular weight excluding hydrogens is 252 g/mol. The van der Waals surface area contributed by atoms with Gasteiger partial charge in [-0.05, 0) is 43.0 Å². The molecule has 0 radical (unpaired) electrons. The molecule has 0 bridgehead atoms. The Morgan fingerprint density at radius 1 is 1.40 bits per heavy atom. The number of pyridine rings is 1. The summed E-state index contributed by atoms with van der Waals surface area (Å²) in [6, 6.07) is 6.11. The second-order valence-electron chi connectivity index (χ2n) is 5.16. The monoisotopic (exact) mass is 270 g/mol. The minimum absolute atomic E-state index is 0.0531. The van der Waals surface area contributed by atoms with E-state index in [1.54, 1.807) is 18.5 Å². The summed E-state index contributed by atoms with van der Waals surface area (Å²) in [4.78, 5) is 16.2. The summed E-state index contributed by atoms with van der Waals surface area (Å²) in [5.41, 5.74) is 8.27. The third kappa shape index (κ3) is 2.82. The maximum Gasteiger partial charge on any atom is 0.268 e. The maximum atomic E-state index is 12.2. The molecule has 0 spiro atoms. The van der Waals surface area contributed by atoms with E-state index >= 15 is 0 Å². The Morgan fingerprint density at radius 2 is 2.15 bits per heavy atom. The number of hydrogen-bond acceptors (Lipinski definition) is 3. The van der Waals surface area contributed by atoms with Crippen molar-refractivity contribution in [1.29, 1.82) is 0 Å². The highest BCUT2D eigenvalue weighted by Crippen LogP contribution is 2.37. The molecule has 0 aromatic carbocycles. The molecule has 5 nitrogen and oxygen atoms in total. The summed E-state index contributed by atoms with van der Waals surface area (Å²) in [7, 11) is 0. The Bertz CT molecular complexity index is 602. The molecule has 1 amide bonds. The van der Waals surface area contributed by atoms with Crippen molar-refractivity contribution in [2.24, 2.45) is 0 Å². The van der Waals surface area contributed by atoms with Crippen LogP contribution >= 0.6 is 0 Å². The lowest BCUT2D eigenvalue weighted by Crippen LogP contribution is -2.27. The van der Waals surface area contributed by atoms with Gasteiger partial charge >= 0.3 is 0 Å². The fourth-order valence-corrected chi connectivity index (χ4v) is 2.30. The molecule has 3 rings (SSSR count). The van der Waals surface area contributed by atoms with Crippen LogP contribution in [0.25, 0.3) is 0 Å². The quantitative estimate of drug-likeness (QED) is 0.869.